The van der Waals surface area contributed by atoms with Crippen LogP contribution in [0, 0.1) is 5.82 Å². The van der Waals surface area contributed by atoms with E-state index in [1.807, 2.05) is 0 Å². The minimum Gasteiger partial charge on any atom is -0.387 e. The molecular formula is C18H27FN2O3. The second-order valence-electron chi connectivity index (χ2n) is 7.17. The van der Waals surface area contributed by atoms with Crippen molar-refractivity contribution in [3.63, 3.8) is 0 Å². The molecule has 2 N–H and O–H groups in total. The second-order valence-corrected chi connectivity index (χ2v) is 7.17. The Morgan fingerprint density at radius 1 is 1.29 bits per heavy atom. The van der Waals surface area contributed by atoms with E-state index >= 15 is 0 Å². The van der Waals surface area contributed by atoms with Crippen LogP contribution >= 0.6 is 0 Å². The molecule has 1 aromatic carbocycles. The van der Waals surface area contributed by atoms with Gasteiger partial charge in [-0.2, -0.15) is 0 Å². The molecule has 0 saturated carbocycles. The fourth-order valence-electron chi connectivity index (χ4n) is 2.88. The lowest BCUT2D eigenvalue weighted by Crippen LogP contribution is -2.53. The van der Waals surface area contributed by atoms with Gasteiger partial charge in [0.2, 0.25) is 5.91 Å². The molecule has 134 valence electrons. The smallest absolute Gasteiger partial charge is 0.230 e. The molecule has 0 bridgehead atoms. The molecule has 0 radical (unpaired) electrons. The predicted octanol–water partition coefficient (Wildman–Crippen LogP) is 1.30. The van der Waals surface area contributed by atoms with E-state index in [2.05, 4.69) is 10.2 Å². The molecule has 0 spiro atoms. The number of hydrogen-bond donors (Lipinski definition) is 2. The lowest BCUT2D eigenvalue weighted by atomic mass is 9.83. The fraction of sp³-hybridized carbons (Fsp3) is 0.611. The molecule has 1 heterocycles. The summed E-state index contributed by atoms with van der Waals surface area (Å²) < 4.78 is 19.3. The van der Waals surface area contributed by atoms with Gasteiger partial charge in [-0.1, -0.05) is 18.2 Å². The Hall–Kier alpha value is -1.50. The van der Waals surface area contributed by atoms with Crippen LogP contribution in [0.25, 0.3) is 0 Å². The third-order valence-corrected chi connectivity index (χ3v) is 4.41. The maximum Gasteiger partial charge on any atom is 0.230 e. The van der Waals surface area contributed by atoms with Crippen molar-refractivity contribution in [2.45, 2.75) is 31.8 Å². The van der Waals surface area contributed by atoms with Crippen LogP contribution in [-0.2, 0) is 14.9 Å². The van der Waals surface area contributed by atoms with Gasteiger partial charge in [-0.15, -0.1) is 0 Å². The van der Waals surface area contributed by atoms with Gasteiger partial charge in [-0.25, -0.2) is 4.39 Å². The monoisotopic (exact) mass is 338 g/mol. The van der Waals surface area contributed by atoms with Gasteiger partial charge in [0.15, 0.2) is 0 Å². The molecule has 1 fully saturated rings. The summed E-state index contributed by atoms with van der Waals surface area (Å²) >= 11 is 0. The van der Waals surface area contributed by atoms with Crippen LogP contribution < -0.4 is 5.32 Å². The average Bonchev–Trinajstić information content (AvgIpc) is 2.53. The number of carbonyl (C=O) groups excluding carboxylic acids is 1. The van der Waals surface area contributed by atoms with Crippen LogP contribution in [-0.4, -0.2) is 60.9 Å². The Kier molecular flexibility index (Phi) is 5.96. The largest absolute Gasteiger partial charge is 0.387 e. The van der Waals surface area contributed by atoms with Crippen molar-refractivity contribution in [1.29, 1.82) is 0 Å². The van der Waals surface area contributed by atoms with Gasteiger partial charge in [0, 0.05) is 31.7 Å². The maximum absolute atomic E-state index is 14.0. The number of nitrogens with one attached hydrogen (secondary N) is 1. The molecule has 1 aliphatic heterocycles. The lowest BCUT2D eigenvalue weighted by molar-refractivity contribution is -0.127. The number of halogens is 1. The third-order valence-electron chi connectivity index (χ3n) is 4.41. The van der Waals surface area contributed by atoms with Gasteiger partial charge < -0.3 is 15.2 Å². The standard InChI is InChI=1S/C18H27FN2O3/c1-17(2,14-6-4-5-7-15(14)19)16(22)20-12-18(3,23)13-21-8-10-24-11-9-21/h4-7,23H,8-13H2,1-3H3,(H,20,22). The first-order chi connectivity index (χ1) is 11.2. The summed E-state index contributed by atoms with van der Waals surface area (Å²) in [4.78, 5) is 14.6. The Morgan fingerprint density at radius 2 is 1.92 bits per heavy atom. The molecule has 1 amide bonds. The van der Waals surface area contributed by atoms with Crippen LogP contribution in [0.4, 0.5) is 4.39 Å². The number of morpholine rings is 1. The molecule has 5 nitrogen and oxygen atoms in total. The van der Waals surface area contributed by atoms with E-state index in [0.717, 1.165) is 13.1 Å². The van der Waals surface area contributed by atoms with Gasteiger partial charge in [-0.3, -0.25) is 9.69 Å². The predicted molar refractivity (Wildman–Crippen MR) is 90.3 cm³/mol. The van der Waals surface area contributed by atoms with Crippen LogP contribution in [0.3, 0.4) is 0 Å². The summed E-state index contributed by atoms with van der Waals surface area (Å²) in [5, 5.41) is 13.3. The zero-order chi connectivity index (χ0) is 17.8. The minimum atomic E-state index is -1.06. The molecule has 0 aromatic heterocycles. The number of rotatable bonds is 6. The van der Waals surface area contributed by atoms with Crippen molar-refractivity contribution in [1.82, 2.24) is 10.2 Å². The Bertz CT molecular complexity index is 569. The highest BCUT2D eigenvalue weighted by Crippen LogP contribution is 2.26. The van der Waals surface area contributed by atoms with Crippen molar-refractivity contribution in [3.8, 4) is 0 Å². The van der Waals surface area contributed by atoms with E-state index < -0.39 is 16.8 Å². The topological polar surface area (TPSA) is 61.8 Å². The summed E-state index contributed by atoms with van der Waals surface area (Å²) in [6, 6.07) is 6.27. The Morgan fingerprint density at radius 3 is 2.54 bits per heavy atom. The van der Waals surface area contributed by atoms with Crippen molar-refractivity contribution >= 4 is 5.91 Å². The molecule has 1 saturated heterocycles. The summed E-state index contributed by atoms with van der Waals surface area (Å²) in [5.74, 6) is -0.715. The van der Waals surface area contributed by atoms with Gasteiger partial charge in [-0.05, 0) is 26.8 Å². The van der Waals surface area contributed by atoms with Crippen LogP contribution in [0.1, 0.15) is 26.3 Å². The van der Waals surface area contributed by atoms with Crippen molar-refractivity contribution in [3.05, 3.63) is 35.6 Å². The van der Waals surface area contributed by atoms with Crippen LogP contribution in [0.15, 0.2) is 24.3 Å². The van der Waals surface area contributed by atoms with Gasteiger partial charge in [0.05, 0.1) is 24.2 Å². The van der Waals surface area contributed by atoms with E-state index in [4.69, 9.17) is 4.74 Å². The zero-order valence-electron chi connectivity index (χ0n) is 14.6. The summed E-state index contributed by atoms with van der Waals surface area (Å²) in [6.07, 6.45) is 0. The molecule has 1 unspecified atom stereocenters. The summed E-state index contributed by atoms with van der Waals surface area (Å²) in [6.45, 7) is 8.46. The number of ether oxygens (including phenoxy) is 1. The summed E-state index contributed by atoms with van der Waals surface area (Å²) in [7, 11) is 0. The van der Waals surface area contributed by atoms with E-state index in [-0.39, 0.29) is 12.5 Å². The number of carbonyl (C=O) groups is 1. The average molecular weight is 338 g/mol. The number of nitrogens with zero attached hydrogens (tertiary/aromatic N) is 1. The molecule has 1 atom stereocenters. The lowest BCUT2D eigenvalue weighted by Gasteiger charge is -2.34. The number of benzene rings is 1. The molecule has 2 rings (SSSR count). The van der Waals surface area contributed by atoms with Crippen molar-refractivity contribution in [2.75, 3.05) is 39.4 Å². The first-order valence-corrected chi connectivity index (χ1v) is 8.28. The second kappa shape index (κ2) is 7.59. The highest BCUT2D eigenvalue weighted by molar-refractivity contribution is 5.87. The third kappa shape index (κ3) is 4.75. The van der Waals surface area contributed by atoms with E-state index in [0.29, 0.717) is 25.3 Å². The van der Waals surface area contributed by atoms with E-state index in [1.165, 1.54) is 6.07 Å². The van der Waals surface area contributed by atoms with E-state index in [9.17, 15) is 14.3 Å². The minimum absolute atomic E-state index is 0.112. The maximum atomic E-state index is 14.0. The number of aliphatic hydroxyl groups is 1. The Labute approximate surface area is 142 Å². The number of amides is 1. The fourth-order valence-corrected chi connectivity index (χ4v) is 2.88. The van der Waals surface area contributed by atoms with Crippen molar-refractivity contribution < 1.29 is 19.0 Å². The van der Waals surface area contributed by atoms with Crippen LogP contribution in [0.5, 0.6) is 0 Å². The molecule has 0 aliphatic carbocycles. The number of hydrogen-bond acceptors (Lipinski definition) is 4. The molecule has 24 heavy (non-hydrogen) atoms. The Balaban J connectivity index is 1.94. The molecule has 6 heteroatoms. The first-order valence-electron chi connectivity index (χ1n) is 8.28. The van der Waals surface area contributed by atoms with Gasteiger partial charge in [0.25, 0.3) is 0 Å². The quantitative estimate of drug-likeness (QED) is 0.821. The zero-order valence-corrected chi connectivity index (χ0v) is 14.6. The SMILES string of the molecule is CC(O)(CNC(=O)C(C)(C)c1ccccc1F)CN1CCOCC1. The van der Waals surface area contributed by atoms with E-state index in [1.54, 1.807) is 39.0 Å². The molecule has 1 aromatic rings. The highest BCUT2D eigenvalue weighted by Gasteiger charge is 2.34. The highest BCUT2D eigenvalue weighted by atomic mass is 19.1. The van der Waals surface area contributed by atoms with Crippen molar-refractivity contribution in [2.24, 2.45) is 0 Å². The molecule has 1 aliphatic rings. The normalized spacial score (nSPS) is 18.9. The van der Waals surface area contributed by atoms with Gasteiger partial charge in [0.1, 0.15) is 5.82 Å². The first kappa shape index (κ1) is 18.8. The van der Waals surface area contributed by atoms with Gasteiger partial charge >= 0.3 is 0 Å². The molecular weight excluding hydrogens is 311 g/mol. The van der Waals surface area contributed by atoms with Crippen LogP contribution in [0.2, 0.25) is 0 Å². The number of β-amino-alcohol motifs (C(OH)–C–C–N with tert-alkyl or cyclic N) is 1. The summed E-state index contributed by atoms with van der Waals surface area (Å²) in [5.41, 5.74) is -1.73.